The minimum Gasteiger partial charge on any atom is -0.318 e. The van der Waals surface area contributed by atoms with Crippen LogP contribution in [0.25, 0.3) is 145 Å². The van der Waals surface area contributed by atoms with Crippen LogP contribution in [0.5, 0.6) is 0 Å². The van der Waals surface area contributed by atoms with E-state index in [2.05, 4.69) is 214 Å². The van der Waals surface area contributed by atoms with Crippen LogP contribution in [-0.4, -0.2) is 9.13 Å². The van der Waals surface area contributed by atoms with E-state index in [-0.39, 0.29) is 0 Å². The van der Waals surface area contributed by atoms with Crippen molar-refractivity contribution in [2.45, 2.75) is 0 Å². The van der Waals surface area contributed by atoms with Crippen LogP contribution < -0.4 is 0 Å². The van der Waals surface area contributed by atoms with Crippen molar-refractivity contribution in [3.63, 3.8) is 0 Å². The fourth-order valence-electron chi connectivity index (χ4n) is 11.9. The van der Waals surface area contributed by atoms with E-state index >= 15 is 0 Å². The monoisotopic (exact) mass is 974 g/mol. The molecule has 0 amide bonds. The fraction of sp³-hybridized carbons (Fsp3) is 0. The van der Waals surface area contributed by atoms with Crippen molar-refractivity contribution in [3.05, 3.63) is 248 Å². The van der Waals surface area contributed by atoms with Gasteiger partial charge in [0, 0.05) is 63.6 Å². The summed E-state index contributed by atoms with van der Waals surface area (Å²) in [4.78, 5) is 4.59. The molecule has 0 unspecified atom stereocenters. The molecule has 15 aromatic rings. The van der Waals surface area contributed by atoms with E-state index in [4.69, 9.17) is 0 Å². The number of para-hydroxylation sites is 1. The van der Waals surface area contributed by atoms with Gasteiger partial charge in [0.05, 0.1) is 55.0 Å². The predicted octanol–water partition coefficient (Wildman–Crippen LogP) is 19.7. The van der Waals surface area contributed by atoms with Gasteiger partial charge < -0.3 is 9.13 Å². The average molecular weight is 975 g/mol. The molecule has 0 fully saturated rings. The number of nitrogens with zero attached hydrogens (tertiary/aromatic N) is 4. The minimum atomic E-state index is 0.414. The van der Waals surface area contributed by atoms with Gasteiger partial charge in [-0.05, 0) is 63.7 Å². The zero-order valence-electron chi connectivity index (χ0n) is 39.5. The molecule has 0 saturated carbocycles. The predicted molar refractivity (Wildman–Crippen MR) is 314 cm³/mol. The largest absolute Gasteiger partial charge is 0.318 e. The lowest BCUT2D eigenvalue weighted by atomic mass is 9.88. The van der Waals surface area contributed by atoms with E-state index in [1.54, 1.807) is 11.3 Å². The van der Waals surface area contributed by atoms with Gasteiger partial charge in [-0.1, -0.05) is 200 Å². The van der Waals surface area contributed by atoms with Crippen molar-refractivity contribution in [2.75, 3.05) is 0 Å². The molecule has 11 aromatic carbocycles. The van der Waals surface area contributed by atoms with Crippen LogP contribution in [0, 0.1) is 17.9 Å². The molecule has 0 atom stereocenters. The maximum absolute atomic E-state index is 12.2. The summed E-state index contributed by atoms with van der Waals surface area (Å²) in [6.07, 6.45) is 0. The van der Waals surface area contributed by atoms with Crippen LogP contribution in [0.2, 0.25) is 0 Å². The molecule has 0 N–H and O–H groups in total. The molecule has 4 nitrogen and oxygen atoms in total. The van der Waals surface area contributed by atoms with Gasteiger partial charge in [0.1, 0.15) is 6.07 Å². The molecular formula is C68H38N4S2. The topological polar surface area (TPSA) is 38.0 Å². The van der Waals surface area contributed by atoms with E-state index in [9.17, 15) is 11.8 Å². The van der Waals surface area contributed by atoms with Crippen LogP contribution in [0.15, 0.2) is 231 Å². The molecule has 15 rings (SSSR count). The molecule has 342 valence electrons. The highest BCUT2D eigenvalue weighted by Crippen LogP contribution is 2.55. The number of thiophene rings is 2. The smallest absolute Gasteiger partial charge is 0.220 e. The molecule has 0 bridgehead atoms. The Bertz CT molecular complexity index is 4890. The van der Waals surface area contributed by atoms with Gasteiger partial charge in [0.25, 0.3) is 0 Å². The lowest BCUT2D eigenvalue weighted by Crippen LogP contribution is -2.09. The highest BCUT2D eigenvalue weighted by molar-refractivity contribution is 7.27. The third kappa shape index (κ3) is 6.05. The summed E-state index contributed by atoms with van der Waals surface area (Å²) in [6, 6.07) is 84.4. The van der Waals surface area contributed by atoms with Crippen molar-refractivity contribution in [1.29, 1.82) is 5.26 Å². The quantitative estimate of drug-likeness (QED) is 0.153. The zero-order chi connectivity index (χ0) is 49.0. The van der Waals surface area contributed by atoms with E-state index in [0.29, 0.717) is 16.8 Å². The molecule has 74 heavy (non-hydrogen) atoms. The van der Waals surface area contributed by atoms with Crippen molar-refractivity contribution < 1.29 is 0 Å². The van der Waals surface area contributed by atoms with E-state index < -0.39 is 0 Å². The Labute approximate surface area is 433 Å². The molecule has 4 heterocycles. The normalized spacial score (nSPS) is 11.8. The van der Waals surface area contributed by atoms with Gasteiger partial charge in [0.15, 0.2) is 0 Å². The molecule has 4 aromatic heterocycles. The SMILES string of the molecule is [C-]#[N+]c1c(-c2ccccc2)c(C#N)c(-n2c3c(ccc4c5ccccc5sc43)c3ccc4c(sc5cccc(-c6ccccc6)c54)c32)c(-c2ccccc2)c1-n1c2ccccc2c2cc(-c3ccccc3)ccc21. The molecule has 0 radical (unpaired) electrons. The summed E-state index contributed by atoms with van der Waals surface area (Å²) in [5.74, 6) is 0. The van der Waals surface area contributed by atoms with Crippen LogP contribution >= 0.6 is 22.7 Å². The Kier molecular flexibility index (Phi) is 9.40. The highest BCUT2D eigenvalue weighted by Gasteiger charge is 2.33. The minimum absolute atomic E-state index is 0.414. The van der Waals surface area contributed by atoms with Crippen molar-refractivity contribution in [1.82, 2.24) is 9.13 Å². The first-order chi connectivity index (χ1) is 36.7. The van der Waals surface area contributed by atoms with Crippen LogP contribution in [0.3, 0.4) is 0 Å². The van der Waals surface area contributed by atoms with Crippen molar-refractivity contribution >= 4 is 112 Å². The second-order valence-electron chi connectivity index (χ2n) is 18.8. The van der Waals surface area contributed by atoms with Crippen LogP contribution in [0.4, 0.5) is 5.69 Å². The van der Waals surface area contributed by atoms with Crippen LogP contribution in [-0.2, 0) is 0 Å². The summed E-state index contributed by atoms with van der Waals surface area (Å²) in [5.41, 5.74) is 14.0. The van der Waals surface area contributed by atoms with Gasteiger partial charge in [0.2, 0.25) is 5.69 Å². The van der Waals surface area contributed by atoms with Gasteiger partial charge in [-0.25, -0.2) is 4.85 Å². The maximum Gasteiger partial charge on any atom is 0.220 e. The Morgan fingerprint density at radius 3 is 1.62 bits per heavy atom. The van der Waals surface area contributed by atoms with Gasteiger partial charge in [-0.2, -0.15) is 5.26 Å². The maximum atomic E-state index is 12.2. The molecule has 0 aliphatic rings. The lowest BCUT2D eigenvalue weighted by molar-refractivity contribution is 1.14. The molecule has 0 saturated heterocycles. The van der Waals surface area contributed by atoms with E-state index in [1.165, 1.54) is 31.1 Å². The first kappa shape index (κ1) is 42.2. The number of fused-ring (bicyclic) bond motifs is 14. The number of benzene rings is 11. The first-order valence-electron chi connectivity index (χ1n) is 24.7. The van der Waals surface area contributed by atoms with E-state index in [0.717, 1.165) is 103 Å². The number of nitriles is 1. The number of hydrogen-bond acceptors (Lipinski definition) is 3. The van der Waals surface area contributed by atoms with Gasteiger partial charge in [-0.15, -0.1) is 22.7 Å². The Morgan fingerprint density at radius 1 is 0.392 bits per heavy atom. The summed E-state index contributed by atoms with van der Waals surface area (Å²) >= 11 is 3.61. The first-order valence-corrected chi connectivity index (χ1v) is 26.3. The third-order valence-corrected chi connectivity index (χ3v) is 17.3. The summed E-state index contributed by atoms with van der Waals surface area (Å²) in [6.45, 7) is 9.41. The molecule has 0 aliphatic heterocycles. The fourth-order valence-corrected chi connectivity index (χ4v) is 14.4. The molecule has 6 heteroatoms. The molecule has 0 aliphatic carbocycles. The Morgan fingerprint density at radius 2 is 0.932 bits per heavy atom. The van der Waals surface area contributed by atoms with Gasteiger partial charge >= 0.3 is 0 Å². The average Bonchev–Trinajstić information content (AvgIpc) is 4.23. The molecule has 0 spiro atoms. The standard InChI is InChI=1S/C68H38N4S2/c1-70-62-59(43-23-10-4-11-24-43)54(40-69)63(60(44-25-12-5-13-26-44)66(62)71-55-30-16-14-27-47(55)53-39-45(33-38-56(53)71)41-19-6-2-7-20-41)72-64-49(34-36-51-48-28-15-17-31-57(48)73-67(51)64)50-35-37-52-61-46(42-21-8-3-9-22-42)29-18-32-58(61)74-68(52)65(50)72/h2-39H. The second-order valence-corrected chi connectivity index (χ2v) is 20.9. The number of aromatic nitrogens is 2. The Hall–Kier alpha value is -9.56. The van der Waals surface area contributed by atoms with E-state index in [1.807, 2.05) is 47.7 Å². The Balaban J connectivity index is 1.21. The van der Waals surface area contributed by atoms with Gasteiger partial charge in [-0.3, -0.25) is 0 Å². The lowest BCUT2D eigenvalue weighted by Gasteiger charge is -2.26. The zero-order valence-corrected chi connectivity index (χ0v) is 41.2. The number of rotatable bonds is 6. The summed E-state index contributed by atoms with van der Waals surface area (Å²) in [7, 11) is 0. The van der Waals surface area contributed by atoms with Crippen molar-refractivity contribution in [3.8, 4) is 62.0 Å². The highest BCUT2D eigenvalue weighted by atomic mass is 32.1. The summed E-state index contributed by atoms with van der Waals surface area (Å²) < 4.78 is 9.44. The molecular weight excluding hydrogens is 937 g/mol. The van der Waals surface area contributed by atoms with Crippen LogP contribution in [0.1, 0.15) is 5.56 Å². The summed E-state index contributed by atoms with van der Waals surface area (Å²) in [5, 5.41) is 21.3. The van der Waals surface area contributed by atoms with Crippen molar-refractivity contribution in [2.24, 2.45) is 0 Å². The second kappa shape index (κ2) is 16.5. The number of hydrogen-bond donors (Lipinski definition) is 0. The third-order valence-electron chi connectivity index (χ3n) is 15.0.